The summed E-state index contributed by atoms with van der Waals surface area (Å²) < 4.78 is 19.1. The molecule has 1 aromatic rings. The van der Waals surface area contributed by atoms with E-state index in [0.717, 1.165) is 24.5 Å². The molecule has 0 bridgehead atoms. The number of benzene rings is 1. The van der Waals surface area contributed by atoms with Gasteiger partial charge in [0.15, 0.2) is 0 Å². The lowest BCUT2D eigenvalue weighted by atomic mass is 10.2. The van der Waals surface area contributed by atoms with E-state index in [-0.39, 0.29) is 0 Å². The first-order chi connectivity index (χ1) is 6.98. The molecule has 1 atom stereocenters. The zero-order chi connectivity index (χ0) is 11.1. The lowest BCUT2D eigenvalue weighted by molar-refractivity contribution is 0.679. The molecule has 0 aromatic heterocycles. The molecule has 0 amide bonds. The Morgan fingerprint density at radius 2 is 2.27 bits per heavy atom. The summed E-state index contributed by atoms with van der Waals surface area (Å²) in [7, 11) is -0.581. The van der Waals surface area contributed by atoms with Crippen molar-refractivity contribution in [3.8, 4) is 0 Å². The van der Waals surface area contributed by atoms with Gasteiger partial charge in [-0.3, -0.25) is 0 Å². The van der Waals surface area contributed by atoms with Crippen LogP contribution >= 0.6 is 0 Å². The molecule has 1 heterocycles. The van der Waals surface area contributed by atoms with E-state index in [9.17, 15) is 4.21 Å². The lowest BCUT2D eigenvalue weighted by Crippen LogP contribution is -2.30. The van der Waals surface area contributed by atoms with Gasteiger partial charge in [0.2, 0.25) is 0 Å². The van der Waals surface area contributed by atoms with Crippen molar-refractivity contribution < 1.29 is 4.21 Å². The summed E-state index contributed by atoms with van der Waals surface area (Å²) in [5.74, 6) is 0. The van der Waals surface area contributed by atoms with E-state index in [1.807, 2.05) is 19.2 Å². The maximum absolute atomic E-state index is 11.6. The van der Waals surface area contributed by atoms with Crippen LogP contribution in [0.15, 0.2) is 23.1 Å². The Morgan fingerprint density at radius 3 is 2.93 bits per heavy atom. The van der Waals surface area contributed by atoms with Crippen LogP contribution in [0.3, 0.4) is 0 Å². The molecule has 0 saturated heterocycles. The van der Waals surface area contributed by atoms with Crippen molar-refractivity contribution in [1.82, 2.24) is 0 Å². The molecule has 0 radical (unpaired) electrons. The van der Waals surface area contributed by atoms with Crippen molar-refractivity contribution in [2.24, 2.45) is 0 Å². The van der Waals surface area contributed by atoms with Crippen LogP contribution in [0, 0.1) is 4.78 Å². The van der Waals surface area contributed by atoms with Crippen LogP contribution in [0.1, 0.15) is 0 Å². The molecule has 4 nitrogen and oxygen atoms in total. The van der Waals surface area contributed by atoms with E-state index in [0.29, 0.717) is 4.90 Å². The number of nitrogens with one attached hydrogen (secondary N) is 2. The smallest absolute Gasteiger partial charge is 0.0697 e. The molecular weight excluding hydrogens is 210 g/mol. The molecule has 82 valence electrons. The van der Waals surface area contributed by atoms with Crippen LogP contribution in [-0.4, -0.2) is 30.6 Å². The first-order valence-corrected chi connectivity index (χ1v) is 6.78. The molecule has 1 aromatic carbocycles. The first-order valence-electron chi connectivity index (χ1n) is 4.81. The second kappa shape index (κ2) is 3.41. The van der Waals surface area contributed by atoms with E-state index in [2.05, 4.69) is 10.2 Å². The van der Waals surface area contributed by atoms with Crippen LogP contribution in [-0.2, 0) is 9.73 Å². The maximum atomic E-state index is 11.6. The Kier molecular flexibility index (Phi) is 2.34. The normalized spacial score (nSPS) is 18.9. The Bertz CT molecular complexity index is 481. The third kappa shape index (κ3) is 1.92. The molecule has 1 unspecified atom stereocenters. The minimum atomic E-state index is -2.61. The van der Waals surface area contributed by atoms with Crippen molar-refractivity contribution in [2.75, 3.05) is 36.6 Å². The summed E-state index contributed by atoms with van der Waals surface area (Å²) in [4.78, 5) is 2.74. The molecule has 0 fully saturated rings. The summed E-state index contributed by atoms with van der Waals surface area (Å²) >= 11 is 0. The molecular formula is C10H15N3OS. The van der Waals surface area contributed by atoms with Crippen molar-refractivity contribution in [1.29, 1.82) is 4.78 Å². The second-order valence-electron chi connectivity index (χ2n) is 3.87. The van der Waals surface area contributed by atoms with Gasteiger partial charge in [0.25, 0.3) is 0 Å². The third-order valence-corrected chi connectivity index (χ3v) is 3.75. The van der Waals surface area contributed by atoms with Gasteiger partial charge in [-0.15, -0.1) is 0 Å². The number of hydrogen-bond acceptors (Lipinski definition) is 4. The fourth-order valence-electron chi connectivity index (χ4n) is 1.71. The van der Waals surface area contributed by atoms with Gasteiger partial charge in [-0.05, 0) is 18.2 Å². The Labute approximate surface area is 90.3 Å². The molecule has 2 N–H and O–H groups in total. The Balaban J connectivity index is 2.51. The van der Waals surface area contributed by atoms with E-state index >= 15 is 0 Å². The van der Waals surface area contributed by atoms with Crippen molar-refractivity contribution in [3.63, 3.8) is 0 Å². The van der Waals surface area contributed by atoms with Crippen molar-refractivity contribution >= 4 is 21.1 Å². The van der Waals surface area contributed by atoms with Gasteiger partial charge in [0.1, 0.15) is 0 Å². The molecule has 0 aliphatic carbocycles. The summed E-state index contributed by atoms with van der Waals surface area (Å²) in [6.45, 7) is 1.85. The van der Waals surface area contributed by atoms with Gasteiger partial charge in [-0.2, -0.15) is 0 Å². The monoisotopic (exact) mass is 225 g/mol. The van der Waals surface area contributed by atoms with Crippen molar-refractivity contribution in [2.45, 2.75) is 4.90 Å². The molecule has 15 heavy (non-hydrogen) atoms. The molecule has 1 aliphatic heterocycles. The predicted octanol–water partition coefficient (Wildman–Crippen LogP) is 1.58. The largest absolute Gasteiger partial charge is 0.382 e. The number of fused-ring (bicyclic) bond motifs is 1. The zero-order valence-corrected chi connectivity index (χ0v) is 9.73. The zero-order valence-electron chi connectivity index (χ0n) is 8.91. The third-order valence-electron chi connectivity index (χ3n) is 2.59. The summed E-state index contributed by atoms with van der Waals surface area (Å²) in [6, 6.07) is 5.52. The topological polar surface area (TPSA) is 56.2 Å². The van der Waals surface area contributed by atoms with Crippen LogP contribution in [0.4, 0.5) is 11.4 Å². The standard InChI is InChI=1S/C10H15N3OS/c1-13-6-5-12-9-7-8(15(2,11)14)3-4-10(9)13/h3-4,7,11-12H,5-6H2,1-2H3. The number of hydrogen-bond donors (Lipinski definition) is 2. The van der Waals surface area contributed by atoms with Crippen LogP contribution in [0.5, 0.6) is 0 Å². The van der Waals surface area contributed by atoms with Gasteiger partial charge >= 0.3 is 0 Å². The van der Waals surface area contributed by atoms with Crippen molar-refractivity contribution in [3.05, 3.63) is 18.2 Å². The quantitative estimate of drug-likeness (QED) is 0.763. The fourth-order valence-corrected chi connectivity index (χ4v) is 2.38. The van der Waals surface area contributed by atoms with Gasteiger partial charge in [-0.25, -0.2) is 8.99 Å². The lowest BCUT2D eigenvalue weighted by Gasteiger charge is -2.28. The molecule has 0 saturated carbocycles. The highest BCUT2D eigenvalue weighted by molar-refractivity contribution is 7.91. The fraction of sp³-hybridized carbons (Fsp3) is 0.400. The van der Waals surface area contributed by atoms with Crippen LogP contribution in [0.25, 0.3) is 0 Å². The van der Waals surface area contributed by atoms with Gasteiger partial charge in [0, 0.05) is 31.3 Å². The van der Waals surface area contributed by atoms with E-state index in [4.69, 9.17) is 4.78 Å². The highest BCUT2D eigenvalue weighted by Gasteiger charge is 2.14. The summed E-state index contributed by atoms with van der Waals surface area (Å²) in [5.41, 5.74) is 2.08. The SMILES string of the molecule is CN1CCNc2cc(S(C)(=N)=O)ccc21. The highest BCUT2D eigenvalue weighted by Crippen LogP contribution is 2.30. The number of likely N-dealkylation sites (N-methyl/N-ethyl adjacent to an activating group) is 1. The molecule has 5 heteroatoms. The average molecular weight is 225 g/mol. The first kappa shape index (κ1) is 10.3. The van der Waals surface area contributed by atoms with E-state index in [1.54, 1.807) is 6.07 Å². The van der Waals surface area contributed by atoms with E-state index in [1.165, 1.54) is 6.26 Å². The number of nitrogens with zero attached hydrogens (tertiary/aromatic N) is 1. The summed E-state index contributed by atoms with van der Waals surface area (Å²) in [5, 5.41) is 3.25. The minimum absolute atomic E-state index is 0.587. The van der Waals surface area contributed by atoms with Gasteiger partial charge < -0.3 is 10.2 Å². The number of anilines is 2. The molecule has 1 aliphatic rings. The minimum Gasteiger partial charge on any atom is -0.382 e. The molecule has 0 spiro atoms. The second-order valence-corrected chi connectivity index (χ2v) is 6.03. The Morgan fingerprint density at radius 1 is 1.53 bits per heavy atom. The summed E-state index contributed by atoms with van der Waals surface area (Å²) in [6.07, 6.45) is 1.45. The van der Waals surface area contributed by atoms with Crippen LogP contribution < -0.4 is 10.2 Å². The highest BCUT2D eigenvalue weighted by atomic mass is 32.2. The maximum Gasteiger partial charge on any atom is 0.0697 e. The Hall–Kier alpha value is -1.23. The predicted molar refractivity (Wildman–Crippen MR) is 63.3 cm³/mol. The van der Waals surface area contributed by atoms with Gasteiger partial charge in [-0.1, -0.05) is 0 Å². The average Bonchev–Trinajstić information content (AvgIpc) is 2.16. The van der Waals surface area contributed by atoms with E-state index < -0.39 is 9.73 Å². The van der Waals surface area contributed by atoms with Gasteiger partial charge in [0.05, 0.1) is 21.1 Å². The molecule has 2 rings (SSSR count). The number of rotatable bonds is 1. The van der Waals surface area contributed by atoms with Crippen LogP contribution in [0.2, 0.25) is 0 Å².